The Balaban J connectivity index is 4.29. The van der Waals surface area contributed by atoms with Crippen LogP contribution < -0.4 is 0 Å². The van der Waals surface area contributed by atoms with Gasteiger partial charge < -0.3 is 9.80 Å². The average Bonchev–Trinajstić information content (AvgIpc) is 2.48. The van der Waals surface area contributed by atoms with Gasteiger partial charge in [0.25, 0.3) is 0 Å². The Morgan fingerprint density at radius 1 is 0.650 bits per heavy atom. The molecular formula is C16H35N3O. The first-order chi connectivity index (χ1) is 9.60. The lowest BCUT2D eigenvalue weighted by atomic mass is 10.2. The normalized spacial score (nSPS) is 11.8. The van der Waals surface area contributed by atoms with Gasteiger partial charge in [-0.05, 0) is 26.2 Å². The summed E-state index contributed by atoms with van der Waals surface area (Å²) >= 11 is 0. The van der Waals surface area contributed by atoms with E-state index in [4.69, 9.17) is 0 Å². The Morgan fingerprint density at radius 3 is 1.30 bits per heavy atom. The van der Waals surface area contributed by atoms with E-state index in [1.807, 2.05) is 6.92 Å². The zero-order chi connectivity index (χ0) is 15.4. The largest absolute Gasteiger partial charge is 0.303 e. The summed E-state index contributed by atoms with van der Waals surface area (Å²) in [5.41, 5.74) is 0. The van der Waals surface area contributed by atoms with E-state index in [2.05, 4.69) is 42.4 Å². The van der Waals surface area contributed by atoms with E-state index >= 15 is 0 Å². The van der Waals surface area contributed by atoms with E-state index in [0.717, 1.165) is 52.4 Å². The summed E-state index contributed by atoms with van der Waals surface area (Å²) < 4.78 is 0. The molecule has 0 saturated heterocycles. The van der Waals surface area contributed by atoms with Crippen molar-refractivity contribution in [1.29, 1.82) is 0 Å². The van der Waals surface area contributed by atoms with Crippen LogP contribution in [0, 0.1) is 0 Å². The first-order valence-electron chi connectivity index (χ1n) is 8.29. The molecule has 0 unspecified atom stereocenters. The number of hydrogen-bond donors (Lipinski definition) is 0. The van der Waals surface area contributed by atoms with Crippen LogP contribution in [0.25, 0.3) is 0 Å². The lowest BCUT2D eigenvalue weighted by Crippen LogP contribution is -2.41. The van der Waals surface area contributed by atoms with E-state index in [-0.39, 0.29) is 0 Å². The zero-order valence-electron chi connectivity index (χ0n) is 14.3. The van der Waals surface area contributed by atoms with Crippen LogP contribution in [0.5, 0.6) is 0 Å². The van der Waals surface area contributed by atoms with Crippen LogP contribution in [-0.4, -0.2) is 79.4 Å². The van der Waals surface area contributed by atoms with Crippen molar-refractivity contribution in [3.8, 4) is 0 Å². The van der Waals surface area contributed by atoms with Crippen LogP contribution >= 0.6 is 0 Å². The highest BCUT2D eigenvalue weighted by Gasteiger charge is 2.12. The maximum absolute atomic E-state index is 11.7. The Kier molecular flexibility index (Phi) is 12.0. The van der Waals surface area contributed by atoms with Crippen molar-refractivity contribution in [2.24, 2.45) is 0 Å². The molecular weight excluding hydrogens is 250 g/mol. The third-order valence-corrected chi connectivity index (χ3v) is 4.05. The molecule has 0 aliphatic heterocycles. The summed E-state index contributed by atoms with van der Waals surface area (Å²) in [7, 11) is 0. The van der Waals surface area contributed by atoms with E-state index < -0.39 is 0 Å². The number of Topliss-reactive ketones (excluding diaryl/α,β-unsaturated/α-hetero) is 1. The Morgan fingerprint density at radius 2 is 1.00 bits per heavy atom. The number of hydrogen-bond acceptors (Lipinski definition) is 4. The number of ketones is 1. The zero-order valence-corrected chi connectivity index (χ0v) is 14.3. The molecule has 0 aliphatic rings. The minimum atomic E-state index is 0.351. The van der Waals surface area contributed by atoms with Gasteiger partial charge >= 0.3 is 0 Å². The molecule has 0 radical (unpaired) electrons. The van der Waals surface area contributed by atoms with Gasteiger partial charge in [-0.25, -0.2) is 0 Å². The fourth-order valence-electron chi connectivity index (χ4n) is 2.28. The van der Waals surface area contributed by atoms with Crippen molar-refractivity contribution in [3.05, 3.63) is 0 Å². The fraction of sp³-hybridized carbons (Fsp3) is 0.938. The van der Waals surface area contributed by atoms with E-state index in [1.54, 1.807) is 0 Å². The molecule has 4 heteroatoms. The summed E-state index contributed by atoms with van der Waals surface area (Å²) in [6, 6.07) is 0. The van der Waals surface area contributed by atoms with Crippen LogP contribution in [0.3, 0.4) is 0 Å². The number of carbonyl (C=O) groups excluding carboxylic acids is 1. The first kappa shape index (κ1) is 19.6. The second kappa shape index (κ2) is 12.3. The average molecular weight is 285 g/mol. The topological polar surface area (TPSA) is 26.8 Å². The highest BCUT2D eigenvalue weighted by Crippen LogP contribution is 1.97. The van der Waals surface area contributed by atoms with Gasteiger partial charge in [0.1, 0.15) is 5.78 Å². The van der Waals surface area contributed by atoms with Gasteiger partial charge in [-0.2, -0.15) is 0 Å². The van der Waals surface area contributed by atoms with Crippen molar-refractivity contribution < 1.29 is 4.79 Å². The van der Waals surface area contributed by atoms with Crippen LogP contribution in [0.1, 0.15) is 41.0 Å². The van der Waals surface area contributed by atoms with Crippen molar-refractivity contribution in [2.75, 3.05) is 58.9 Å². The molecule has 0 fully saturated rings. The molecule has 0 heterocycles. The predicted molar refractivity (Wildman–Crippen MR) is 87.3 cm³/mol. The second-order valence-electron chi connectivity index (χ2n) is 5.22. The maximum Gasteiger partial charge on any atom is 0.146 e. The number of carbonyl (C=O) groups is 1. The SMILES string of the molecule is CCC(=O)CN(CCN(CC)CC)CCN(CC)CC. The highest BCUT2D eigenvalue weighted by molar-refractivity contribution is 5.80. The third-order valence-electron chi connectivity index (χ3n) is 4.05. The number of rotatable bonds is 13. The quantitative estimate of drug-likeness (QED) is 0.517. The molecule has 20 heavy (non-hydrogen) atoms. The Hall–Kier alpha value is -0.450. The molecule has 0 amide bonds. The molecule has 4 nitrogen and oxygen atoms in total. The molecule has 0 aromatic heterocycles. The molecule has 0 bridgehead atoms. The van der Waals surface area contributed by atoms with Gasteiger partial charge in [0.05, 0.1) is 6.54 Å². The Labute approximate surface area is 126 Å². The summed E-state index contributed by atoms with van der Waals surface area (Å²) in [6.45, 7) is 19.8. The smallest absolute Gasteiger partial charge is 0.146 e. The van der Waals surface area contributed by atoms with Crippen molar-refractivity contribution in [1.82, 2.24) is 14.7 Å². The van der Waals surface area contributed by atoms with Crippen molar-refractivity contribution in [2.45, 2.75) is 41.0 Å². The number of likely N-dealkylation sites (N-methyl/N-ethyl adjacent to an activating group) is 2. The molecule has 0 aromatic carbocycles. The third kappa shape index (κ3) is 8.67. The van der Waals surface area contributed by atoms with Gasteiger partial charge in [-0.3, -0.25) is 9.69 Å². The summed E-state index contributed by atoms with van der Waals surface area (Å²) in [5.74, 6) is 0.351. The highest BCUT2D eigenvalue weighted by atomic mass is 16.1. The van der Waals surface area contributed by atoms with E-state index in [9.17, 15) is 4.79 Å². The second-order valence-corrected chi connectivity index (χ2v) is 5.22. The molecule has 0 N–H and O–H groups in total. The summed E-state index contributed by atoms with van der Waals surface area (Å²) in [6.07, 6.45) is 0.646. The minimum Gasteiger partial charge on any atom is -0.303 e. The van der Waals surface area contributed by atoms with E-state index in [0.29, 0.717) is 18.7 Å². The van der Waals surface area contributed by atoms with Crippen molar-refractivity contribution in [3.63, 3.8) is 0 Å². The van der Waals surface area contributed by atoms with Gasteiger partial charge in [0, 0.05) is 32.6 Å². The van der Waals surface area contributed by atoms with Gasteiger partial charge in [-0.15, -0.1) is 0 Å². The van der Waals surface area contributed by atoms with Gasteiger partial charge in [-0.1, -0.05) is 34.6 Å². The molecule has 0 atom stereocenters. The Bertz CT molecular complexity index is 222. The lowest BCUT2D eigenvalue weighted by molar-refractivity contribution is -0.120. The first-order valence-corrected chi connectivity index (χ1v) is 8.29. The molecule has 0 spiro atoms. The molecule has 120 valence electrons. The summed E-state index contributed by atoms with van der Waals surface area (Å²) in [5, 5.41) is 0. The standard InChI is InChI=1S/C16H35N3O/c1-6-16(20)15-19(13-11-17(7-2)8-3)14-12-18(9-4)10-5/h6-15H2,1-5H3. The predicted octanol–water partition coefficient (Wildman–Crippen LogP) is 1.95. The van der Waals surface area contributed by atoms with Crippen LogP contribution in [0.2, 0.25) is 0 Å². The monoisotopic (exact) mass is 285 g/mol. The lowest BCUT2D eigenvalue weighted by Gasteiger charge is -2.28. The van der Waals surface area contributed by atoms with Gasteiger partial charge in [0.15, 0.2) is 0 Å². The molecule has 0 aromatic rings. The maximum atomic E-state index is 11.7. The van der Waals surface area contributed by atoms with Crippen LogP contribution in [0.4, 0.5) is 0 Å². The van der Waals surface area contributed by atoms with E-state index in [1.165, 1.54) is 0 Å². The molecule has 0 rings (SSSR count). The molecule has 0 aliphatic carbocycles. The van der Waals surface area contributed by atoms with Crippen LogP contribution in [-0.2, 0) is 4.79 Å². The fourth-order valence-corrected chi connectivity index (χ4v) is 2.28. The molecule has 0 saturated carbocycles. The van der Waals surface area contributed by atoms with Gasteiger partial charge in [0.2, 0.25) is 0 Å². The summed E-state index contributed by atoms with van der Waals surface area (Å²) in [4.78, 5) is 18.9. The van der Waals surface area contributed by atoms with Crippen molar-refractivity contribution >= 4 is 5.78 Å². The van der Waals surface area contributed by atoms with Crippen LogP contribution in [0.15, 0.2) is 0 Å². The minimum absolute atomic E-state index is 0.351. The number of nitrogens with zero attached hydrogens (tertiary/aromatic N) is 3.